The van der Waals surface area contributed by atoms with Gasteiger partial charge in [-0.2, -0.15) is 0 Å². The average Bonchev–Trinajstić information content (AvgIpc) is 3.29. The number of thiophene rings is 1. The molecular weight excluding hydrogens is 350 g/mol. The van der Waals surface area contributed by atoms with E-state index in [2.05, 4.69) is 29.6 Å². The van der Waals surface area contributed by atoms with Gasteiger partial charge in [-0.25, -0.2) is 4.98 Å². The van der Waals surface area contributed by atoms with Crippen molar-refractivity contribution in [1.82, 2.24) is 4.98 Å². The van der Waals surface area contributed by atoms with Gasteiger partial charge in [0.15, 0.2) is 5.58 Å². The highest BCUT2D eigenvalue weighted by Gasteiger charge is 2.16. The Labute approximate surface area is 153 Å². The standard InChI is InChI=1S/C21H12ClNOS/c22-14-9-7-13(8-10-14)17-12-16(19-6-3-11-25-19)21-20(23-17)15-4-1-2-5-18(15)24-21/h1-12H. The molecule has 0 unspecified atom stereocenters. The molecule has 2 nitrogen and oxygen atoms in total. The van der Waals surface area contributed by atoms with Gasteiger partial charge in [-0.15, -0.1) is 11.3 Å². The summed E-state index contributed by atoms with van der Waals surface area (Å²) in [6, 6.07) is 22.1. The Morgan fingerprint density at radius 2 is 1.76 bits per heavy atom. The minimum atomic E-state index is 0.720. The van der Waals surface area contributed by atoms with Crippen LogP contribution in [-0.4, -0.2) is 4.98 Å². The lowest BCUT2D eigenvalue weighted by molar-refractivity contribution is 0.669. The zero-order chi connectivity index (χ0) is 16.8. The molecule has 5 aromatic rings. The first kappa shape index (κ1) is 14.7. The van der Waals surface area contributed by atoms with Gasteiger partial charge < -0.3 is 4.42 Å². The molecule has 0 radical (unpaired) electrons. The summed E-state index contributed by atoms with van der Waals surface area (Å²) in [7, 11) is 0. The zero-order valence-corrected chi connectivity index (χ0v) is 14.6. The highest BCUT2D eigenvalue weighted by Crippen LogP contribution is 2.38. The van der Waals surface area contributed by atoms with E-state index >= 15 is 0 Å². The molecule has 0 fully saturated rings. The number of pyridine rings is 1. The van der Waals surface area contributed by atoms with Gasteiger partial charge in [0.2, 0.25) is 0 Å². The number of aromatic nitrogens is 1. The molecule has 25 heavy (non-hydrogen) atoms. The normalized spacial score (nSPS) is 11.4. The van der Waals surface area contributed by atoms with Gasteiger partial charge in [-0.1, -0.05) is 41.9 Å². The monoisotopic (exact) mass is 361 g/mol. The molecule has 0 amide bonds. The molecule has 0 aliphatic rings. The summed E-state index contributed by atoms with van der Waals surface area (Å²) in [4.78, 5) is 6.07. The van der Waals surface area contributed by atoms with Crippen LogP contribution in [0.1, 0.15) is 0 Å². The van der Waals surface area contributed by atoms with E-state index < -0.39 is 0 Å². The number of rotatable bonds is 2. The second kappa shape index (κ2) is 5.73. The molecule has 4 heteroatoms. The number of para-hydroxylation sites is 1. The molecule has 120 valence electrons. The maximum atomic E-state index is 6.14. The van der Waals surface area contributed by atoms with Crippen molar-refractivity contribution in [2.24, 2.45) is 0 Å². The summed E-state index contributed by atoms with van der Waals surface area (Å²) in [6.45, 7) is 0. The molecule has 0 aliphatic carbocycles. The first-order valence-electron chi connectivity index (χ1n) is 7.92. The summed E-state index contributed by atoms with van der Waals surface area (Å²) in [5.74, 6) is 0. The number of furan rings is 1. The van der Waals surface area contributed by atoms with Gasteiger partial charge in [0.1, 0.15) is 11.1 Å². The lowest BCUT2D eigenvalue weighted by Gasteiger charge is -2.05. The highest BCUT2D eigenvalue weighted by atomic mass is 35.5. The molecule has 5 rings (SSSR count). The predicted molar refractivity (Wildman–Crippen MR) is 105 cm³/mol. The third kappa shape index (κ3) is 2.44. The number of hydrogen-bond acceptors (Lipinski definition) is 3. The van der Waals surface area contributed by atoms with Gasteiger partial charge in [0.25, 0.3) is 0 Å². The Hall–Kier alpha value is -2.62. The zero-order valence-electron chi connectivity index (χ0n) is 13.1. The quantitative estimate of drug-likeness (QED) is 0.337. The highest BCUT2D eigenvalue weighted by molar-refractivity contribution is 7.13. The van der Waals surface area contributed by atoms with Crippen LogP contribution in [0.5, 0.6) is 0 Å². The number of halogens is 1. The molecule has 0 aliphatic heterocycles. The summed E-state index contributed by atoms with van der Waals surface area (Å²) in [5, 5.41) is 3.83. The lowest BCUT2D eigenvalue weighted by Crippen LogP contribution is -1.87. The van der Waals surface area contributed by atoms with Crippen LogP contribution in [0, 0.1) is 0 Å². The van der Waals surface area contributed by atoms with Crippen molar-refractivity contribution in [3.8, 4) is 21.7 Å². The van der Waals surface area contributed by atoms with Crippen LogP contribution in [0.2, 0.25) is 5.02 Å². The fourth-order valence-electron chi connectivity index (χ4n) is 3.06. The van der Waals surface area contributed by atoms with Gasteiger partial charge in [-0.05, 0) is 41.8 Å². The van der Waals surface area contributed by atoms with Crippen LogP contribution in [0.25, 0.3) is 43.8 Å². The van der Waals surface area contributed by atoms with Gasteiger partial charge in [0.05, 0.1) is 5.69 Å². The van der Waals surface area contributed by atoms with Gasteiger partial charge in [0, 0.05) is 26.4 Å². The van der Waals surface area contributed by atoms with E-state index in [4.69, 9.17) is 21.0 Å². The summed E-state index contributed by atoms with van der Waals surface area (Å²) >= 11 is 7.73. The number of hydrogen-bond donors (Lipinski definition) is 0. The van der Waals surface area contributed by atoms with Crippen LogP contribution < -0.4 is 0 Å². The molecule has 0 saturated heterocycles. The molecule has 0 bridgehead atoms. The first-order chi connectivity index (χ1) is 12.3. The van der Waals surface area contributed by atoms with E-state index in [1.165, 1.54) is 4.88 Å². The lowest BCUT2D eigenvalue weighted by atomic mass is 10.1. The fourth-order valence-corrected chi connectivity index (χ4v) is 3.93. The smallest absolute Gasteiger partial charge is 0.162 e. The fraction of sp³-hybridized carbons (Fsp3) is 0. The van der Waals surface area contributed by atoms with Gasteiger partial charge >= 0.3 is 0 Å². The van der Waals surface area contributed by atoms with Crippen LogP contribution in [0.4, 0.5) is 0 Å². The largest absolute Gasteiger partial charge is 0.454 e. The topological polar surface area (TPSA) is 26.0 Å². The van der Waals surface area contributed by atoms with Crippen molar-refractivity contribution in [1.29, 1.82) is 0 Å². The Morgan fingerprint density at radius 1 is 0.920 bits per heavy atom. The Morgan fingerprint density at radius 3 is 2.56 bits per heavy atom. The first-order valence-corrected chi connectivity index (χ1v) is 9.17. The second-order valence-electron chi connectivity index (χ2n) is 5.82. The maximum absolute atomic E-state index is 6.14. The number of nitrogens with zero attached hydrogens (tertiary/aromatic N) is 1. The third-order valence-electron chi connectivity index (χ3n) is 4.25. The van der Waals surface area contributed by atoms with Crippen molar-refractivity contribution in [3.05, 3.63) is 77.1 Å². The minimum absolute atomic E-state index is 0.720. The molecular formula is C21H12ClNOS. The van der Waals surface area contributed by atoms with Crippen LogP contribution in [0.15, 0.2) is 76.5 Å². The van der Waals surface area contributed by atoms with Crippen molar-refractivity contribution in [2.45, 2.75) is 0 Å². The maximum Gasteiger partial charge on any atom is 0.162 e. The Kier molecular flexibility index (Phi) is 3.37. The van der Waals surface area contributed by atoms with Crippen molar-refractivity contribution in [3.63, 3.8) is 0 Å². The van der Waals surface area contributed by atoms with E-state index in [1.807, 2.05) is 42.5 Å². The minimum Gasteiger partial charge on any atom is -0.454 e. The summed E-state index contributed by atoms with van der Waals surface area (Å²) < 4.78 is 6.14. The van der Waals surface area contributed by atoms with Crippen LogP contribution >= 0.6 is 22.9 Å². The van der Waals surface area contributed by atoms with E-state index in [0.29, 0.717) is 0 Å². The van der Waals surface area contributed by atoms with Crippen molar-refractivity contribution in [2.75, 3.05) is 0 Å². The molecule has 0 spiro atoms. The van der Waals surface area contributed by atoms with E-state index in [0.717, 1.165) is 43.9 Å². The molecule has 0 saturated carbocycles. The third-order valence-corrected chi connectivity index (χ3v) is 5.41. The summed E-state index contributed by atoms with van der Waals surface area (Å²) in [6.07, 6.45) is 0. The molecule has 0 atom stereocenters. The molecule has 3 aromatic heterocycles. The Bertz CT molecular complexity index is 1190. The van der Waals surface area contributed by atoms with E-state index in [-0.39, 0.29) is 0 Å². The SMILES string of the molecule is Clc1ccc(-c2cc(-c3cccs3)c3oc4ccccc4c3n2)cc1. The van der Waals surface area contributed by atoms with Gasteiger partial charge in [-0.3, -0.25) is 0 Å². The van der Waals surface area contributed by atoms with Crippen molar-refractivity contribution < 1.29 is 4.42 Å². The van der Waals surface area contributed by atoms with E-state index in [9.17, 15) is 0 Å². The van der Waals surface area contributed by atoms with Crippen LogP contribution in [-0.2, 0) is 0 Å². The molecule has 0 N–H and O–H groups in total. The number of fused-ring (bicyclic) bond motifs is 3. The number of benzene rings is 2. The predicted octanol–water partition coefficient (Wildman–Crippen LogP) is 7.03. The Balaban J connectivity index is 1.87. The van der Waals surface area contributed by atoms with Crippen molar-refractivity contribution >= 4 is 45.0 Å². The van der Waals surface area contributed by atoms with Crippen LogP contribution in [0.3, 0.4) is 0 Å². The summed E-state index contributed by atoms with van der Waals surface area (Å²) in [5.41, 5.74) is 5.61. The average molecular weight is 362 g/mol. The molecule has 3 heterocycles. The molecule has 2 aromatic carbocycles. The van der Waals surface area contributed by atoms with E-state index in [1.54, 1.807) is 11.3 Å². The second-order valence-corrected chi connectivity index (χ2v) is 7.20.